The number of benzene rings is 1. The molecule has 3 rings (SSSR count). The van der Waals surface area contributed by atoms with Crippen molar-refractivity contribution in [3.05, 3.63) is 58.0 Å². The fraction of sp³-hybridized carbons (Fsp3) is 0.421. The van der Waals surface area contributed by atoms with Crippen molar-refractivity contribution in [2.24, 2.45) is 7.05 Å². The number of fused-ring (bicyclic) bond motifs is 1. The number of hydrogen-bond acceptors (Lipinski definition) is 5. The maximum Gasteiger partial charge on any atom is 0.255 e. The molecule has 0 spiro atoms. The maximum absolute atomic E-state index is 12.5. The molecule has 1 unspecified atom stereocenters. The van der Waals surface area contributed by atoms with Crippen molar-refractivity contribution in [3.8, 4) is 0 Å². The highest BCUT2D eigenvalue weighted by Crippen LogP contribution is 2.21. The number of para-hydroxylation sites is 1. The van der Waals surface area contributed by atoms with Crippen molar-refractivity contribution in [3.63, 3.8) is 0 Å². The Labute approximate surface area is 146 Å². The van der Waals surface area contributed by atoms with Crippen LogP contribution >= 0.6 is 0 Å². The summed E-state index contributed by atoms with van der Waals surface area (Å²) in [5.41, 5.74) is 1.48. The average Bonchev–Trinajstić information content (AvgIpc) is 3.07. The van der Waals surface area contributed by atoms with E-state index in [0.717, 1.165) is 10.9 Å². The van der Waals surface area contributed by atoms with E-state index in [0.29, 0.717) is 23.8 Å². The Hall–Kier alpha value is -2.47. The van der Waals surface area contributed by atoms with E-state index in [9.17, 15) is 4.79 Å². The number of nitrogens with zero attached hydrogens (tertiary/aromatic N) is 3. The van der Waals surface area contributed by atoms with Crippen LogP contribution in [0.4, 0.5) is 0 Å². The second-order valence-corrected chi connectivity index (χ2v) is 7.40. The number of rotatable bonds is 4. The molecule has 132 valence electrons. The van der Waals surface area contributed by atoms with Gasteiger partial charge in [0.2, 0.25) is 5.89 Å². The molecule has 3 aromatic rings. The summed E-state index contributed by atoms with van der Waals surface area (Å²) in [4.78, 5) is 17.0. The molecule has 2 heterocycles. The standard InChI is InChI=1S/C19H24N4O2/c1-12(16-21-18(22-25-16)19(2,3)4)20-11-14-10-13-8-6-7-9-15(13)23(5)17(14)24/h6-10,12,20H,11H2,1-5H3. The molecule has 1 N–H and O–H groups in total. The van der Waals surface area contributed by atoms with Crippen LogP contribution in [0.15, 0.2) is 39.6 Å². The zero-order chi connectivity index (χ0) is 18.2. The first kappa shape index (κ1) is 17.4. The van der Waals surface area contributed by atoms with Gasteiger partial charge >= 0.3 is 0 Å². The highest BCUT2D eigenvalue weighted by atomic mass is 16.5. The lowest BCUT2D eigenvalue weighted by atomic mass is 9.96. The van der Waals surface area contributed by atoms with Gasteiger partial charge in [0.25, 0.3) is 5.56 Å². The molecular weight excluding hydrogens is 316 g/mol. The quantitative estimate of drug-likeness (QED) is 0.790. The summed E-state index contributed by atoms with van der Waals surface area (Å²) in [6.45, 7) is 8.51. The third-order valence-corrected chi connectivity index (χ3v) is 4.29. The fourth-order valence-electron chi connectivity index (χ4n) is 2.68. The molecule has 0 saturated carbocycles. The SMILES string of the molecule is CC(NCc1cc2ccccc2n(C)c1=O)c1nc(C(C)(C)C)no1. The van der Waals surface area contributed by atoms with Crippen LogP contribution in [0.1, 0.15) is 51.0 Å². The minimum Gasteiger partial charge on any atom is -0.338 e. The molecule has 0 saturated heterocycles. The van der Waals surface area contributed by atoms with Crippen LogP contribution < -0.4 is 10.9 Å². The topological polar surface area (TPSA) is 73.0 Å². The lowest BCUT2D eigenvalue weighted by molar-refractivity contribution is 0.330. The average molecular weight is 340 g/mol. The molecule has 0 amide bonds. The predicted octanol–water partition coefficient (Wildman–Crippen LogP) is 3.07. The van der Waals surface area contributed by atoms with Crippen molar-refractivity contribution in [1.82, 2.24) is 20.0 Å². The van der Waals surface area contributed by atoms with Gasteiger partial charge in [-0.15, -0.1) is 0 Å². The van der Waals surface area contributed by atoms with E-state index in [1.165, 1.54) is 0 Å². The van der Waals surface area contributed by atoms with Crippen molar-refractivity contribution in [2.45, 2.75) is 45.7 Å². The lowest BCUT2D eigenvalue weighted by Crippen LogP contribution is -2.27. The van der Waals surface area contributed by atoms with Gasteiger partial charge in [-0.25, -0.2) is 0 Å². The van der Waals surface area contributed by atoms with E-state index >= 15 is 0 Å². The molecule has 0 aliphatic heterocycles. The van der Waals surface area contributed by atoms with E-state index in [1.54, 1.807) is 11.6 Å². The van der Waals surface area contributed by atoms with E-state index in [1.807, 2.05) is 58.0 Å². The fourth-order valence-corrected chi connectivity index (χ4v) is 2.68. The third-order valence-electron chi connectivity index (χ3n) is 4.29. The molecule has 0 aliphatic carbocycles. The summed E-state index contributed by atoms with van der Waals surface area (Å²) in [7, 11) is 1.80. The van der Waals surface area contributed by atoms with Crippen LogP contribution in [0.5, 0.6) is 0 Å². The highest BCUT2D eigenvalue weighted by molar-refractivity contribution is 5.79. The summed E-state index contributed by atoms with van der Waals surface area (Å²) in [6, 6.07) is 9.66. The van der Waals surface area contributed by atoms with Gasteiger partial charge in [0.15, 0.2) is 5.82 Å². The van der Waals surface area contributed by atoms with Gasteiger partial charge in [-0.2, -0.15) is 4.98 Å². The molecule has 0 radical (unpaired) electrons. The normalized spacial score (nSPS) is 13.3. The molecule has 0 fully saturated rings. The second kappa shape index (κ2) is 6.44. The Morgan fingerprint density at radius 1 is 1.28 bits per heavy atom. The molecule has 6 heteroatoms. The minimum absolute atomic E-state index is 0.000639. The van der Waals surface area contributed by atoms with Crippen LogP contribution in [0.25, 0.3) is 10.9 Å². The molecule has 25 heavy (non-hydrogen) atoms. The van der Waals surface area contributed by atoms with E-state index in [2.05, 4.69) is 15.5 Å². The molecule has 0 aliphatic rings. The number of aromatic nitrogens is 3. The van der Waals surface area contributed by atoms with Crippen LogP contribution in [-0.2, 0) is 19.0 Å². The summed E-state index contributed by atoms with van der Waals surface area (Å²) in [6.07, 6.45) is 0. The Kier molecular flexibility index (Phi) is 4.47. The Balaban J connectivity index is 1.79. The van der Waals surface area contributed by atoms with Gasteiger partial charge in [0.1, 0.15) is 0 Å². The summed E-state index contributed by atoms with van der Waals surface area (Å²) < 4.78 is 7.04. The number of nitrogens with one attached hydrogen (secondary N) is 1. The van der Waals surface area contributed by atoms with Crippen molar-refractivity contribution in [2.75, 3.05) is 0 Å². The zero-order valence-corrected chi connectivity index (χ0v) is 15.3. The van der Waals surface area contributed by atoms with Crippen LogP contribution in [0, 0.1) is 0 Å². The molecular formula is C19H24N4O2. The number of aryl methyl sites for hydroxylation is 1. The van der Waals surface area contributed by atoms with Gasteiger partial charge in [0, 0.05) is 24.6 Å². The summed E-state index contributed by atoms with van der Waals surface area (Å²) >= 11 is 0. The lowest BCUT2D eigenvalue weighted by Gasteiger charge is -2.13. The smallest absolute Gasteiger partial charge is 0.255 e. The second-order valence-electron chi connectivity index (χ2n) is 7.40. The third kappa shape index (κ3) is 3.49. The van der Waals surface area contributed by atoms with Gasteiger partial charge in [-0.05, 0) is 24.4 Å². The van der Waals surface area contributed by atoms with Crippen molar-refractivity contribution in [1.29, 1.82) is 0 Å². The van der Waals surface area contributed by atoms with Crippen LogP contribution in [0.2, 0.25) is 0 Å². The molecule has 0 bridgehead atoms. The monoisotopic (exact) mass is 340 g/mol. The molecule has 1 atom stereocenters. The van der Waals surface area contributed by atoms with E-state index < -0.39 is 0 Å². The minimum atomic E-state index is -0.157. The first-order valence-electron chi connectivity index (χ1n) is 8.42. The first-order chi connectivity index (χ1) is 11.8. The van der Waals surface area contributed by atoms with Crippen molar-refractivity contribution >= 4 is 10.9 Å². The van der Waals surface area contributed by atoms with Gasteiger partial charge < -0.3 is 14.4 Å². The largest absolute Gasteiger partial charge is 0.338 e. The van der Waals surface area contributed by atoms with Crippen molar-refractivity contribution < 1.29 is 4.52 Å². The Morgan fingerprint density at radius 2 is 2.00 bits per heavy atom. The maximum atomic E-state index is 12.5. The predicted molar refractivity (Wildman–Crippen MR) is 97.4 cm³/mol. The van der Waals surface area contributed by atoms with Gasteiger partial charge in [-0.1, -0.05) is 44.1 Å². The number of hydrogen-bond donors (Lipinski definition) is 1. The Bertz CT molecular complexity index is 950. The van der Waals surface area contributed by atoms with Crippen LogP contribution in [0.3, 0.4) is 0 Å². The Morgan fingerprint density at radius 3 is 2.68 bits per heavy atom. The molecule has 2 aromatic heterocycles. The summed E-state index contributed by atoms with van der Waals surface area (Å²) in [5, 5.41) is 8.39. The first-order valence-corrected chi connectivity index (χ1v) is 8.42. The van der Waals surface area contributed by atoms with E-state index in [-0.39, 0.29) is 17.0 Å². The zero-order valence-electron chi connectivity index (χ0n) is 15.3. The number of pyridine rings is 1. The summed E-state index contributed by atoms with van der Waals surface area (Å²) in [5.74, 6) is 1.21. The van der Waals surface area contributed by atoms with Gasteiger partial charge in [0.05, 0.1) is 11.6 Å². The molecule has 1 aromatic carbocycles. The van der Waals surface area contributed by atoms with Crippen LogP contribution in [-0.4, -0.2) is 14.7 Å². The highest BCUT2D eigenvalue weighted by Gasteiger charge is 2.23. The van der Waals surface area contributed by atoms with E-state index in [4.69, 9.17) is 4.52 Å². The molecule has 6 nitrogen and oxygen atoms in total. The van der Waals surface area contributed by atoms with Gasteiger partial charge in [-0.3, -0.25) is 4.79 Å².